The minimum Gasteiger partial charge on any atom is -0.481 e. The molecular weight excluding hydrogens is 1430 g/mol. The van der Waals surface area contributed by atoms with Crippen LogP contribution in [0.2, 0.25) is 0 Å². The number of hydrogen-bond acceptors (Lipinski definition) is 25. The minimum atomic E-state index is -2.07. The zero-order valence-corrected chi connectivity index (χ0v) is 61.7. The van der Waals surface area contributed by atoms with Crippen LogP contribution in [-0.4, -0.2) is 207 Å². The van der Waals surface area contributed by atoms with Crippen molar-refractivity contribution in [1.82, 2.24) is 36.1 Å². The summed E-state index contributed by atoms with van der Waals surface area (Å²) < 4.78 is 55.1. The molecule has 0 saturated heterocycles. The van der Waals surface area contributed by atoms with Gasteiger partial charge in [0.15, 0.2) is 28.7 Å². The van der Waals surface area contributed by atoms with Crippen molar-refractivity contribution < 1.29 is 110 Å². The van der Waals surface area contributed by atoms with Crippen molar-refractivity contribution in [3.05, 3.63) is 97.6 Å². The maximum Gasteiger partial charge on any atom is 0.343 e. The van der Waals surface area contributed by atoms with Gasteiger partial charge in [-0.1, -0.05) is 50.1 Å². The molecule has 32 nitrogen and oxygen atoms in total. The number of amides is 5. The summed E-state index contributed by atoms with van der Waals surface area (Å²) in [6, 6.07) is 10.4. The highest BCUT2D eigenvalue weighted by Crippen LogP contribution is 2.46. The number of nitrogens with one attached hydrogen (secondary N) is 5. The molecule has 5 atom stereocenters. The Morgan fingerprint density at radius 3 is 2.02 bits per heavy atom. The summed E-state index contributed by atoms with van der Waals surface area (Å²) in [7, 11) is 0. The van der Waals surface area contributed by atoms with Crippen LogP contribution in [0.3, 0.4) is 0 Å². The van der Waals surface area contributed by atoms with Crippen LogP contribution in [0.1, 0.15) is 161 Å². The molecule has 0 saturated carbocycles. The number of aromatic nitrogens is 2. The molecular formula is C76H100FN9O23. The molecule has 5 amide bonds. The number of halogens is 1. The van der Waals surface area contributed by atoms with E-state index in [-0.39, 0.29) is 190 Å². The average Bonchev–Trinajstić information content (AvgIpc) is 1.60. The average molecular weight is 1530 g/mol. The summed E-state index contributed by atoms with van der Waals surface area (Å²) in [5.41, 5.74) is 12.6. The number of aliphatic carboxylic acids is 1. The number of nitrogens with two attached hydrogens (primary N) is 2. The summed E-state index contributed by atoms with van der Waals surface area (Å²) in [6.45, 7) is 2.65. The topological polar surface area (TPSA) is 474 Å². The molecule has 2 unspecified atom stereocenters. The number of carbonyl (C=O) groups is 13. The highest BCUT2D eigenvalue weighted by atomic mass is 19.1. The number of pyridine rings is 2. The largest absolute Gasteiger partial charge is 0.481 e. The number of benzene rings is 2. The van der Waals surface area contributed by atoms with Crippen LogP contribution in [-0.2, 0) is 127 Å². The van der Waals surface area contributed by atoms with E-state index in [0.717, 1.165) is 11.1 Å². The van der Waals surface area contributed by atoms with Gasteiger partial charge in [-0.2, -0.15) is 0 Å². The van der Waals surface area contributed by atoms with Crippen LogP contribution in [0.15, 0.2) is 47.3 Å². The van der Waals surface area contributed by atoms with E-state index in [1.165, 1.54) is 10.6 Å². The van der Waals surface area contributed by atoms with Crippen molar-refractivity contribution in [2.75, 3.05) is 99.0 Å². The molecule has 594 valence electrons. The van der Waals surface area contributed by atoms with E-state index in [1.54, 1.807) is 38.1 Å². The molecule has 109 heavy (non-hydrogen) atoms. The lowest BCUT2D eigenvalue weighted by atomic mass is 9.81. The van der Waals surface area contributed by atoms with E-state index in [0.29, 0.717) is 104 Å². The van der Waals surface area contributed by atoms with E-state index in [4.69, 9.17) is 49.6 Å². The summed E-state index contributed by atoms with van der Waals surface area (Å²) >= 11 is 0. The van der Waals surface area contributed by atoms with Crippen molar-refractivity contribution in [2.45, 2.75) is 173 Å². The molecule has 4 aromatic rings. The van der Waals surface area contributed by atoms with Crippen molar-refractivity contribution >= 4 is 87.1 Å². The predicted octanol–water partition coefficient (Wildman–Crippen LogP) is 2.02. The Bertz CT molecular complexity index is 3980. The zero-order chi connectivity index (χ0) is 79.0. The first-order valence-electron chi connectivity index (χ1n) is 36.8. The van der Waals surface area contributed by atoms with Crippen LogP contribution in [0.25, 0.3) is 22.3 Å². The smallest absolute Gasteiger partial charge is 0.343 e. The second kappa shape index (κ2) is 44.4. The number of carboxylic acids is 1. The van der Waals surface area contributed by atoms with Crippen LogP contribution in [0.5, 0.6) is 0 Å². The SMILES string of the molecule is CC[C@@]1(O)C(=O)OCc2c1cc1n(c2=O)Cc2c-1nc1cc(F)c(C)c3c1c2C(NC(=O)COCNC(=O)CCC(=O)[C@H](Cc1ccccc1)NCC(=O)CNC(=O)CCCCCCC(=O)C(CC(=O)O)OC[C@H](CC(=O)CCOCCOCCOCCOCCCC(=O)CNC(=O)CCC(=O)CN)C(N)=O)CC3. The van der Waals surface area contributed by atoms with Crippen molar-refractivity contribution in [2.24, 2.45) is 17.4 Å². The number of hydrogen-bond donors (Lipinski definition) is 9. The molecule has 3 aliphatic rings. The maximum atomic E-state index is 15.5. The number of ketones is 6. The van der Waals surface area contributed by atoms with Crippen LogP contribution >= 0.6 is 0 Å². The highest BCUT2D eigenvalue weighted by Gasteiger charge is 2.46. The fourth-order valence-corrected chi connectivity index (χ4v) is 12.9. The van der Waals surface area contributed by atoms with Gasteiger partial charge in [0.05, 0.1) is 132 Å². The number of carbonyl (C=O) groups excluding carboxylic acids is 12. The molecule has 0 bridgehead atoms. The third-order valence-electron chi connectivity index (χ3n) is 19.0. The number of unbranched alkanes of at least 4 members (excludes halogenated alkanes) is 3. The van der Waals surface area contributed by atoms with Gasteiger partial charge < -0.3 is 86.0 Å². The quantitative estimate of drug-likeness (QED) is 0.0153. The van der Waals surface area contributed by atoms with E-state index >= 15 is 4.39 Å². The molecule has 2 aromatic carbocycles. The Morgan fingerprint density at radius 2 is 1.34 bits per heavy atom. The van der Waals surface area contributed by atoms with Gasteiger partial charge in [-0.25, -0.2) is 14.2 Å². The predicted molar refractivity (Wildman–Crippen MR) is 387 cm³/mol. The molecule has 0 spiro atoms. The number of esters is 1. The normalized spacial score (nSPS) is 15.5. The number of carboxylic acid groups (broad SMARTS) is 1. The molecule has 0 fully saturated rings. The van der Waals surface area contributed by atoms with Gasteiger partial charge in [0.25, 0.3) is 5.56 Å². The molecule has 1 aliphatic carbocycles. The summed E-state index contributed by atoms with van der Waals surface area (Å²) in [6.07, 6.45) is 0.338. The molecule has 4 heterocycles. The lowest BCUT2D eigenvalue weighted by Gasteiger charge is -2.31. The van der Waals surface area contributed by atoms with Gasteiger partial charge in [-0.05, 0) is 80.2 Å². The summed E-state index contributed by atoms with van der Waals surface area (Å²) in [5.74, 6) is -8.67. The van der Waals surface area contributed by atoms with Gasteiger partial charge in [0.2, 0.25) is 29.5 Å². The van der Waals surface area contributed by atoms with E-state index in [1.807, 2.05) is 12.1 Å². The third-order valence-corrected chi connectivity index (χ3v) is 19.0. The van der Waals surface area contributed by atoms with Crippen molar-refractivity contribution in [3.63, 3.8) is 0 Å². The summed E-state index contributed by atoms with van der Waals surface area (Å²) in [5, 5.41) is 35.2. The number of fused-ring (bicyclic) bond motifs is 5. The fourth-order valence-electron chi connectivity index (χ4n) is 12.9. The third kappa shape index (κ3) is 26.8. The number of Topliss-reactive ketones (excluding diaryl/α,β-unsaturated/α-hetero) is 6. The minimum absolute atomic E-state index is 0.0164. The Labute approximate surface area is 629 Å². The molecule has 2 aromatic heterocycles. The number of nitrogens with zero attached hydrogens (tertiary/aromatic N) is 2. The second-order valence-corrected chi connectivity index (χ2v) is 27.0. The first kappa shape index (κ1) is 86.9. The van der Waals surface area contributed by atoms with Gasteiger partial charge >= 0.3 is 11.9 Å². The Balaban J connectivity index is 0.730. The van der Waals surface area contributed by atoms with Gasteiger partial charge in [0.1, 0.15) is 43.4 Å². The maximum absolute atomic E-state index is 15.5. The lowest BCUT2D eigenvalue weighted by Crippen LogP contribution is -2.44. The Kier molecular flexibility index (Phi) is 35.4. The standard InChI is InChI=1S/C76H100FN9O23/c1-3-76(102)56-34-61-72-54(41-86(61)74(100)55(56)43-109-75(76)101)71-58(19-18-53-46(2)57(77)35-60(85-72)70(53)71)84-68(96)44-107-45-83-67(95)22-20-62(91)59(32-47-12-7-6-8-13-47)80-39-52(90)40-82-65(93)16-10-5-4-9-15-63(92)64(36-69(97)98)108-42-48(73(79)99)33-49(87)23-25-104-27-29-106-31-30-105-28-26-103-24-11-14-51(89)38-81-66(94)21-17-50(88)37-78/h6-8,12-13,34-35,48,58-59,64,80,102H,3-5,9-11,14-33,36-45,78H2,1-2H3,(H2,79,99)(H,81,94)(H,82,93)(H,83,95)(H,84,96)(H,97,98)/t48-,58?,59-,64?,76-/m0/s1. The Hall–Kier alpha value is -9.32. The molecule has 0 radical (unpaired) electrons. The first-order valence-corrected chi connectivity index (χ1v) is 36.8. The number of primary amides is 1. The van der Waals surface area contributed by atoms with Gasteiger partial charge in [0, 0.05) is 87.0 Å². The van der Waals surface area contributed by atoms with Gasteiger partial charge in [-0.3, -0.25) is 62.3 Å². The van der Waals surface area contributed by atoms with Crippen LogP contribution < -0.4 is 43.6 Å². The number of rotatable bonds is 55. The number of aryl methyl sites for hydroxylation is 1. The first-order chi connectivity index (χ1) is 52.3. The molecule has 2 aliphatic heterocycles. The second-order valence-electron chi connectivity index (χ2n) is 27.0. The molecule has 33 heteroatoms. The number of cyclic esters (lactones) is 1. The van der Waals surface area contributed by atoms with Gasteiger partial charge in [-0.15, -0.1) is 0 Å². The molecule has 7 rings (SSSR count). The lowest BCUT2D eigenvalue weighted by molar-refractivity contribution is -0.172. The number of ether oxygens (including phenoxy) is 7. The summed E-state index contributed by atoms with van der Waals surface area (Å²) in [4.78, 5) is 182. The number of aliphatic hydroxyl groups is 1. The van der Waals surface area contributed by atoms with Crippen molar-refractivity contribution in [3.8, 4) is 11.4 Å². The van der Waals surface area contributed by atoms with E-state index in [9.17, 15) is 77.3 Å². The Morgan fingerprint density at radius 1 is 0.688 bits per heavy atom. The van der Waals surface area contributed by atoms with Crippen LogP contribution in [0.4, 0.5) is 4.39 Å². The van der Waals surface area contributed by atoms with Crippen molar-refractivity contribution in [1.29, 1.82) is 0 Å². The van der Waals surface area contributed by atoms with E-state index < -0.39 is 108 Å². The monoisotopic (exact) mass is 1530 g/mol. The van der Waals surface area contributed by atoms with Crippen LogP contribution in [0, 0.1) is 18.7 Å². The van der Waals surface area contributed by atoms with E-state index in [2.05, 4.69) is 26.6 Å². The molecule has 11 N–H and O–H groups in total. The fraction of sp³-hybridized carbons (Fsp3) is 0.566. The zero-order valence-electron chi connectivity index (χ0n) is 61.7. The highest BCUT2D eigenvalue weighted by molar-refractivity contribution is 5.95.